The Kier molecular flexibility index (Phi) is 2.52. The third-order valence-corrected chi connectivity index (χ3v) is 2.45. The van der Waals surface area contributed by atoms with Gasteiger partial charge in [0.05, 0.1) is 12.6 Å². The number of carboxylic acid groups (broad SMARTS) is 1. The van der Waals surface area contributed by atoms with Crippen molar-refractivity contribution in [2.75, 3.05) is 7.11 Å². The number of hydrogen-bond acceptors (Lipinski definition) is 3. The number of fused-ring (bicyclic) bond motifs is 1. The molecule has 0 amide bonds. The number of nitrogens with zero attached hydrogens (tertiary/aromatic N) is 2. The predicted octanol–water partition coefficient (Wildman–Crippen LogP) is 1.76. The van der Waals surface area contributed by atoms with Crippen LogP contribution in [0.4, 0.5) is 0 Å². The van der Waals surface area contributed by atoms with Crippen molar-refractivity contribution in [2.45, 2.75) is 13.5 Å². The molecule has 84 valence electrons. The van der Waals surface area contributed by atoms with Gasteiger partial charge in [-0.1, -0.05) is 0 Å². The second kappa shape index (κ2) is 3.84. The third kappa shape index (κ3) is 1.50. The fourth-order valence-corrected chi connectivity index (χ4v) is 1.69. The molecule has 0 radical (unpaired) electrons. The van der Waals surface area contributed by atoms with Crippen LogP contribution in [0.15, 0.2) is 18.2 Å². The van der Waals surface area contributed by atoms with Gasteiger partial charge in [0, 0.05) is 11.9 Å². The van der Waals surface area contributed by atoms with Gasteiger partial charge in [-0.05, 0) is 25.1 Å². The Bertz CT molecular complexity index is 545. The van der Waals surface area contributed by atoms with E-state index in [2.05, 4.69) is 5.10 Å². The SMILES string of the molecule is CCn1nc2ccc(OC)cc2c1C(=O)O. The Morgan fingerprint density at radius 2 is 2.31 bits per heavy atom. The van der Waals surface area contributed by atoms with Gasteiger partial charge in [0.2, 0.25) is 0 Å². The molecule has 0 fully saturated rings. The molecule has 0 aliphatic carbocycles. The topological polar surface area (TPSA) is 64.4 Å². The molecule has 2 rings (SSSR count). The van der Waals surface area contributed by atoms with E-state index in [0.717, 1.165) is 0 Å². The van der Waals surface area contributed by atoms with Gasteiger partial charge in [-0.3, -0.25) is 4.68 Å². The summed E-state index contributed by atoms with van der Waals surface area (Å²) in [7, 11) is 1.55. The van der Waals surface area contributed by atoms with Crippen LogP contribution in [0.2, 0.25) is 0 Å². The summed E-state index contributed by atoms with van der Waals surface area (Å²) >= 11 is 0. The van der Waals surface area contributed by atoms with Crippen LogP contribution in [0.25, 0.3) is 10.9 Å². The maximum absolute atomic E-state index is 11.2. The van der Waals surface area contributed by atoms with Crippen LogP contribution in [0.3, 0.4) is 0 Å². The molecule has 1 heterocycles. The average molecular weight is 220 g/mol. The summed E-state index contributed by atoms with van der Waals surface area (Å²) in [6.07, 6.45) is 0. The van der Waals surface area contributed by atoms with Crippen molar-refractivity contribution in [3.8, 4) is 5.75 Å². The monoisotopic (exact) mass is 220 g/mol. The maximum Gasteiger partial charge on any atom is 0.354 e. The Hall–Kier alpha value is -2.04. The number of ether oxygens (including phenoxy) is 1. The van der Waals surface area contributed by atoms with E-state index in [4.69, 9.17) is 9.84 Å². The number of benzene rings is 1. The van der Waals surface area contributed by atoms with Gasteiger partial charge in [-0.25, -0.2) is 4.79 Å². The predicted molar refractivity (Wildman–Crippen MR) is 58.9 cm³/mol. The first kappa shape index (κ1) is 10.5. The number of carbonyl (C=O) groups is 1. The van der Waals surface area contributed by atoms with E-state index in [0.29, 0.717) is 23.2 Å². The van der Waals surface area contributed by atoms with Gasteiger partial charge in [0.15, 0.2) is 5.69 Å². The molecule has 1 aromatic carbocycles. The van der Waals surface area contributed by atoms with Crippen molar-refractivity contribution in [3.63, 3.8) is 0 Å². The summed E-state index contributed by atoms with van der Waals surface area (Å²) in [6, 6.07) is 5.21. The highest BCUT2D eigenvalue weighted by Gasteiger charge is 2.16. The fourth-order valence-electron chi connectivity index (χ4n) is 1.69. The van der Waals surface area contributed by atoms with Gasteiger partial charge in [-0.2, -0.15) is 5.10 Å². The third-order valence-electron chi connectivity index (χ3n) is 2.45. The Morgan fingerprint density at radius 1 is 1.56 bits per heavy atom. The molecule has 5 heteroatoms. The first-order valence-corrected chi connectivity index (χ1v) is 4.95. The van der Waals surface area contributed by atoms with Crippen LogP contribution >= 0.6 is 0 Å². The smallest absolute Gasteiger partial charge is 0.354 e. The van der Waals surface area contributed by atoms with Crippen LogP contribution in [0, 0.1) is 0 Å². The zero-order valence-corrected chi connectivity index (χ0v) is 9.10. The molecular formula is C11H12N2O3. The molecule has 0 spiro atoms. The van der Waals surface area contributed by atoms with Crippen molar-refractivity contribution in [2.24, 2.45) is 0 Å². The molecule has 0 saturated carbocycles. The first-order valence-electron chi connectivity index (χ1n) is 4.95. The normalized spacial score (nSPS) is 10.6. The minimum absolute atomic E-state index is 0.205. The Morgan fingerprint density at radius 3 is 2.88 bits per heavy atom. The van der Waals surface area contributed by atoms with Gasteiger partial charge >= 0.3 is 5.97 Å². The van der Waals surface area contributed by atoms with E-state index in [1.165, 1.54) is 4.68 Å². The van der Waals surface area contributed by atoms with E-state index in [-0.39, 0.29) is 5.69 Å². The lowest BCUT2D eigenvalue weighted by Crippen LogP contribution is -2.08. The highest BCUT2D eigenvalue weighted by molar-refractivity contribution is 6.01. The largest absolute Gasteiger partial charge is 0.497 e. The van der Waals surface area contributed by atoms with E-state index in [1.807, 2.05) is 6.92 Å². The number of aromatic carboxylic acids is 1. The number of aromatic nitrogens is 2. The number of hydrogen-bond donors (Lipinski definition) is 1. The zero-order valence-electron chi connectivity index (χ0n) is 9.10. The van der Waals surface area contributed by atoms with Gasteiger partial charge in [-0.15, -0.1) is 0 Å². The number of carboxylic acids is 1. The van der Waals surface area contributed by atoms with E-state index in [9.17, 15) is 4.79 Å². The van der Waals surface area contributed by atoms with Crippen LogP contribution in [0.1, 0.15) is 17.4 Å². The Labute approximate surface area is 92.2 Å². The molecule has 0 saturated heterocycles. The molecule has 0 bridgehead atoms. The summed E-state index contributed by atoms with van der Waals surface area (Å²) in [6.45, 7) is 2.38. The average Bonchev–Trinajstić information content (AvgIpc) is 2.65. The molecule has 16 heavy (non-hydrogen) atoms. The second-order valence-electron chi connectivity index (χ2n) is 3.35. The number of rotatable bonds is 3. The van der Waals surface area contributed by atoms with Crippen molar-refractivity contribution in [1.82, 2.24) is 9.78 Å². The molecule has 0 aliphatic heterocycles. The molecule has 0 atom stereocenters. The summed E-state index contributed by atoms with van der Waals surface area (Å²) in [5, 5.41) is 14.0. The molecule has 0 unspecified atom stereocenters. The Balaban J connectivity index is 2.75. The molecule has 1 aromatic heterocycles. The summed E-state index contributed by atoms with van der Waals surface area (Å²) in [5.74, 6) is -0.344. The summed E-state index contributed by atoms with van der Waals surface area (Å²) < 4.78 is 6.55. The van der Waals surface area contributed by atoms with E-state index in [1.54, 1.807) is 25.3 Å². The lowest BCUT2D eigenvalue weighted by Gasteiger charge is -2.00. The van der Waals surface area contributed by atoms with Crippen molar-refractivity contribution in [1.29, 1.82) is 0 Å². The summed E-state index contributed by atoms with van der Waals surface area (Å²) in [4.78, 5) is 11.2. The lowest BCUT2D eigenvalue weighted by atomic mass is 10.2. The van der Waals surface area contributed by atoms with Crippen LogP contribution in [0.5, 0.6) is 5.75 Å². The minimum Gasteiger partial charge on any atom is -0.497 e. The minimum atomic E-state index is -0.974. The van der Waals surface area contributed by atoms with Crippen LogP contribution < -0.4 is 4.74 Å². The second-order valence-corrected chi connectivity index (χ2v) is 3.35. The highest BCUT2D eigenvalue weighted by Crippen LogP contribution is 2.23. The lowest BCUT2D eigenvalue weighted by molar-refractivity contribution is 0.0685. The maximum atomic E-state index is 11.2. The quantitative estimate of drug-likeness (QED) is 0.856. The highest BCUT2D eigenvalue weighted by atomic mass is 16.5. The van der Waals surface area contributed by atoms with Crippen LogP contribution in [-0.2, 0) is 6.54 Å². The first-order chi connectivity index (χ1) is 7.67. The molecule has 2 aromatic rings. The van der Waals surface area contributed by atoms with Gasteiger partial charge in [0.1, 0.15) is 5.75 Å². The van der Waals surface area contributed by atoms with E-state index < -0.39 is 5.97 Å². The fraction of sp³-hybridized carbons (Fsp3) is 0.273. The standard InChI is InChI=1S/C11H12N2O3/c1-3-13-10(11(14)15)8-6-7(16-2)4-5-9(8)12-13/h4-6H,3H2,1-2H3,(H,14,15). The van der Waals surface area contributed by atoms with E-state index >= 15 is 0 Å². The molecule has 0 aliphatic rings. The van der Waals surface area contributed by atoms with Gasteiger partial charge < -0.3 is 9.84 Å². The van der Waals surface area contributed by atoms with Crippen molar-refractivity contribution < 1.29 is 14.6 Å². The van der Waals surface area contributed by atoms with Crippen molar-refractivity contribution >= 4 is 16.9 Å². The molecular weight excluding hydrogens is 208 g/mol. The van der Waals surface area contributed by atoms with Gasteiger partial charge in [0.25, 0.3) is 0 Å². The number of aryl methyl sites for hydroxylation is 1. The van der Waals surface area contributed by atoms with Crippen LogP contribution in [-0.4, -0.2) is 28.0 Å². The zero-order chi connectivity index (χ0) is 11.7. The molecule has 1 N–H and O–H groups in total. The number of methoxy groups -OCH3 is 1. The molecule has 5 nitrogen and oxygen atoms in total. The summed E-state index contributed by atoms with van der Waals surface area (Å²) in [5.41, 5.74) is 0.872. The van der Waals surface area contributed by atoms with Crippen molar-refractivity contribution in [3.05, 3.63) is 23.9 Å².